The Morgan fingerprint density at radius 2 is 1.58 bits per heavy atom. The molecule has 0 bridgehead atoms. The van der Waals surface area contributed by atoms with Crippen LogP contribution in [0.2, 0.25) is 0 Å². The van der Waals surface area contributed by atoms with E-state index in [4.69, 9.17) is 0 Å². The van der Waals surface area contributed by atoms with Gasteiger partial charge in [0.25, 0.3) is 0 Å². The molecular formula is C17H19NO. The summed E-state index contributed by atoms with van der Waals surface area (Å²) < 4.78 is 0. The molecule has 0 amide bonds. The summed E-state index contributed by atoms with van der Waals surface area (Å²) in [5, 5.41) is 0. The Morgan fingerprint density at radius 1 is 0.947 bits per heavy atom. The molecule has 98 valence electrons. The van der Waals surface area contributed by atoms with Gasteiger partial charge in [-0.2, -0.15) is 0 Å². The van der Waals surface area contributed by atoms with Crippen LogP contribution in [-0.2, 0) is 0 Å². The van der Waals surface area contributed by atoms with Crippen LogP contribution in [0.5, 0.6) is 0 Å². The summed E-state index contributed by atoms with van der Waals surface area (Å²) in [6.45, 7) is 6.24. The molecule has 19 heavy (non-hydrogen) atoms. The molecule has 2 aromatic rings. The maximum Gasteiger partial charge on any atom is 0.150 e. The van der Waals surface area contributed by atoms with Gasteiger partial charge in [0.2, 0.25) is 0 Å². The Labute approximate surface area is 114 Å². The molecule has 0 heterocycles. The molecule has 0 N–H and O–H groups in total. The average molecular weight is 253 g/mol. The van der Waals surface area contributed by atoms with Gasteiger partial charge in [0.15, 0.2) is 0 Å². The largest absolute Gasteiger partial charge is 0.344 e. The van der Waals surface area contributed by atoms with E-state index in [2.05, 4.69) is 44.0 Å². The lowest BCUT2D eigenvalue weighted by molar-refractivity contribution is 0.112. The van der Waals surface area contributed by atoms with Crippen LogP contribution in [0.15, 0.2) is 36.4 Å². The van der Waals surface area contributed by atoms with Crippen LogP contribution >= 0.6 is 0 Å². The first-order valence-corrected chi connectivity index (χ1v) is 6.39. The number of anilines is 2. The number of hydrogen-bond donors (Lipinski definition) is 0. The van der Waals surface area contributed by atoms with Gasteiger partial charge in [0.1, 0.15) is 6.29 Å². The van der Waals surface area contributed by atoms with E-state index in [1.165, 1.54) is 16.8 Å². The summed E-state index contributed by atoms with van der Waals surface area (Å²) >= 11 is 0. The van der Waals surface area contributed by atoms with Gasteiger partial charge in [-0.3, -0.25) is 4.79 Å². The average Bonchev–Trinajstić information content (AvgIpc) is 2.36. The summed E-state index contributed by atoms with van der Waals surface area (Å²) in [6, 6.07) is 12.3. The monoisotopic (exact) mass is 253 g/mol. The predicted molar refractivity (Wildman–Crippen MR) is 80.5 cm³/mol. The zero-order valence-electron chi connectivity index (χ0n) is 11.9. The topological polar surface area (TPSA) is 20.3 Å². The predicted octanol–water partition coefficient (Wildman–Crippen LogP) is 4.19. The van der Waals surface area contributed by atoms with E-state index in [-0.39, 0.29) is 0 Å². The van der Waals surface area contributed by atoms with Crippen LogP contribution < -0.4 is 4.90 Å². The highest BCUT2D eigenvalue weighted by atomic mass is 16.1. The first-order chi connectivity index (χ1) is 9.01. The first kappa shape index (κ1) is 13.3. The lowest BCUT2D eigenvalue weighted by Crippen LogP contribution is -2.11. The van der Waals surface area contributed by atoms with Crippen molar-refractivity contribution in [1.29, 1.82) is 0 Å². The Kier molecular flexibility index (Phi) is 3.70. The lowest BCUT2D eigenvalue weighted by atomic mass is 10.1. The minimum atomic E-state index is 0.718. The second-order valence-electron chi connectivity index (χ2n) is 5.07. The number of carbonyl (C=O) groups is 1. The van der Waals surface area contributed by atoms with Crippen LogP contribution in [-0.4, -0.2) is 13.3 Å². The third kappa shape index (κ3) is 2.84. The number of carbonyl (C=O) groups excluding carboxylic acids is 1. The normalized spacial score (nSPS) is 10.3. The van der Waals surface area contributed by atoms with Gasteiger partial charge >= 0.3 is 0 Å². The van der Waals surface area contributed by atoms with E-state index in [0.717, 1.165) is 23.1 Å². The Balaban J connectivity index is 2.43. The number of aryl methyl sites for hydroxylation is 3. The molecule has 0 aliphatic heterocycles. The van der Waals surface area contributed by atoms with E-state index in [1.807, 2.05) is 25.1 Å². The Bertz CT molecular complexity index is 596. The van der Waals surface area contributed by atoms with E-state index >= 15 is 0 Å². The molecule has 0 aromatic heterocycles. The maximum atomic E-state index is 10.8. The minimum absolute atomic E-state index is 0.718. The smallest absolute Gasteiger partial charge is 0.150 e. The molecule has 0 aliphatic rings. The first-order valence-electron chi connectivity index (χ1n) is 6.39. The SMILES string of the molecule is Cc1cc(C)cc(N(C)c2ccc(C=O)cc2C)c1. The van der Waals surface area contributed by atoms with Crippen molar-refractivity contribution in [2.75, 3.05) is 11.9 Å². The van der Waals surface area contributed by atoms with Gasteiger partial charge in [0.05, 0.1) is 0 Å². The highest BCUT2D eigenvalue weighted by Crippen LogP contribution is 2.28. The summed E-state index contributed by atoms with van der Waals surface area (Å²) in [7, 11) is 2.05. The quantitative estimate of drug-likeness (QED) is 0.764. The van der Waals surface area contributed by atoms with E-state index in [1.54, 1.807) is 0 Å². The molecule has 0 saturated heterocycles. The zero-order chi connectivity index (χ0) is 14.0. The molecule has 2 aromatic carbocycles. The third-order valence-corrected chi connectivity index (χ3v) is 3.31. The van der Waals surface area contributed by atoms with Crippen molar-refractivity contribution in [3.63, 3.8) is 0 Å². The second-order valence-corrected chi connectivity index (χ2v) is 5.07. The van der Waals surface area contributed by atoms with Crippen molar-refractivity contribution in [3.8, 4) is 0 Å². The number of rotatable bonds is 3. The number of nitrogens with zero attached hydrogens (tertiary/aromatic N) is 1. The van der Waals surface area contributed by atoms with E-state index in [9.17, 15) is 4.79 Å². The van der Waals surface area contributed by atoms with Crippen LogP contribution in [0, 0.1) is 20.8 Å². The van der Waals surface area contributed by atoms with Crippen molar-refractivity contribution in [1.82, 2.24) is 0 Å². The van der Waals surface area contributed by atoms with Crippen molar-refractivity contribution < 1.29 is 4.79 Å². The van der Waals surface area contributed by atoms with E-state index < -0.39 is 0 Å². The molecular weight excluding hydrogens is 234 g/mol. The van der Waals surface area contributed by atoms with Crippen LogP contribution in [0.4, 0.5) is 11.4 Å². The number of benzene rings is 2. The molecule has 0 radical (unpaired) electrons. The fourth-order valence-corrected chi connectivity index (χ4v) is 2.41. The Morgan fingerprint density at radius 3 is 2.11 bits per heavy atom. The van der Waals surface area contributed by atoms with Crippen molar-refractivity contribution in [3.05, 3.63) is 58.7 Å². The van der Waals surface area contributed by atoms with Crippen molar-refractivity contribution >= 4 is 17.7 Å². The molecule has 0 fully saturated rings. The van der Waals surface area contributed by atoms with Gasteiger partial charge in [-0.05, 0) is 67.8 Å². The summed E-state index contributed by atoms with van der Waals surface area (Å²) in [6.07, 6.45) is 0.883. The molecule has 2 nitrogen and oxygen atoms in total. The zero-order valence-corrected chi connectivity index (χ0v) is 11.9. The van der Waals surface area contributed by atoms with Crippen LogP contribution in [0.1, 0.15) is 27.0 Å². The highest BCUT2D eigenvalue weighted by molar-refractivity contribution is 5.78. The van der Waals surface area contributed by atoms with Gasteiger partial charge in [0, 0.05) is 24.0 Å². The number of aldehydes is 1. The maximum absolute atomic E-state index is 10.8. The summed E-state index contributed by atoms with van der Waals surface area (Å²) in [5.74, 6) is 0. The van der Waals surface area contributed by atoms with Crippen LogP contribution in [0.3, 0.4) is 0 Å². The van der Waals surface area contributed by atoms with Gasteiger partial charge in [-0.25, -0.2) is 0 Å². The third-order valence-electron chi connectivity index (χ3n) is 3.31. The van der Waals surface area contributed by atoms with Gasteiger partial charge in [-0.1, -0.05) is 6.07 Å². The Hall–Kier alpha value is -2.09. The van der Waals surface area contributed by atoms with Crippen molar-refractivity contribution in [2.24, 2.45) is 0 Å². The molecule has 0 aliphatic carbocycles. The molecule has 2 heteroatoms. The number of hydrogen-bond acceptors (Lipinski definition) is 2. The minimum Gasteiger partial charge on any atom is -0.344 e. The fraction of sp³-hybridized carbons (Fsp3) is 0.235. The molecule has 0 unspecified atom stereocenters. The lowest BCUT2D eigenvalue weighted by Gasteiger charge is -2.22. The van der Waals surface area contributed by atoms with Gasteiger partial charge < -0.3 is 4.90 Å². The molecule has 2 rings (SSSR count). The van der Waals surface area contributed by atoms with Gasteiger partial charge in [-0.15, -0.1) is 0 Å². The molecule has 0 spiro atoms. The standard InChI is InChI=1S/C17H19NO/c1-12-7-13(2)9-16(8-12)18(4)17-6-5-15(11-19)10-14(17)3/h5-11H,1-4H3. The summed E-state index contributed by atoms with van der Waals surface area (Å²) in [4.78, 5) is 12.9. The van der Waals surface area contributed by atoms with Crippen molar-refractivity contribution in [2.45, 2.75) is 20.8 Å². The van der Waals surface area contributed by atoms with E-state index in [0.29, 0.717) is 0 Å². The highest BCUT2D eigenvalue weighted by Gasteiger charge is 2.08. The molecule has 0 atom stereocenters. The van der Waals surface area contributed by atoms with Crippen LogP contribution in [0.25, 0.3) is 0 Å². The summed E-state index contributed by atoms with van der Waals surface area (Å²) in [5.41, 5.74) is 6.62. The molecule has 0 saturated carbocycles. The fourth-order valence-electron chi connectivity index (χ4n) is 2.41. The second kappa shape index (κ2) is 5.27.